The van der Waals surface area contributed by atoms with Crippen LogP contribution in [0, 0.1) is 5.92 Å². The summed E-state index contributed by atoms with van der Waals surface area (Å²) in [6.07, 6.45) is 0. The number of carbonyl (C=O) groups is 1. The topological polar surface area (TPSA) is 84.3 Å². The Hall–Kier alpha value is -2.21. The summed E-state index contributed by atoms with van der Waals surface area (Å²) in [6.45, 7) is 4.65. The Morgan fingerprint density at radius 3 is 2.67 bits per heavy atom. The minimum absolute atomic E-state index is 0.0370. The van der Waals surface area contributed by atoms with E-state index in [2.05, 4.69) is 29.1 Å². The normalized spacial score (nSPS) is 12.6. The molecule has 112 valence electrons. The molecule has 0 saturated heterocycles. The number of rotatable bonds is 6. The lowest BCUT2D eigenvalue weighted by atomic mass is 10.1. The Morgan fingerprint density at radius 1 is 1.33 bits per heavy atom. The molecule has 21 heavy (non-hydrogen) atoms. The van der Waals surface area contributed by atoms with Gasteiger partial charge in [0.05, 0.1) is 18.2 Å². The van der Waals surface area contributed by atoms with E-state index in [0.29, 0.717) is 23.9 Å². The summed E-state index contributed by atoms with van der Waals surface area (Å²) in [7, 11) is 1.64. The number of para-hydroxylation sites is 1. The minimum atomic E-state index is -1.14. The summed E-state index contributed by atoms with van der Waals surface area (Å²) in [6, 6.07) is 7.37. The van der Waals surface area contributed by atoms with E-state index in [4.69, 9.17) is 9.84 Å². The van der Waals surface area contributed by atoms with Gasteiger partial charge in [0.25, 0.3) is 0 Å². The fourth-order valence-electron chi connectivity index (χ4n) is 2.04. The molecule has 1 unspecified atom stereocenters. The van der Waals surface area contributed by atoms with Crippen LogP contribution in [0.1, 0.15) is 24.5 Å². The lowest BCUT2D eigenvalue weighted by Crippen LogP contribution is -2.31. The van der Waals surface area contributed by atoms with Crippen molar-refractivity contribution < 1.29 is 14.6 Å². The Morgan fingerprint density at radius 2 is 2.05 bits per heavy atom. The maximum atomic E-state index is 11.2. The van der Waals surface area contributed by atoms with Crippen LogP contribution in [0.25, 0.3) is 10.9 Å². The quantitative estimate of drug-likeness (QED) is 0.849. The van der Waals surface area contributed by atoms with Crippen molar-refractivity contribution in [2.45, 2.75) is 19.9 Å². The summed E-state index contributed by atoms with van der Waals surface area (Å²) in [4.78, 5) is 19.3. The number of anilines is 1. The van der Waals surface area contributed by atoms with Crippen molar-refractivity contribution in [3.63, 3.8) is 0 Å². The van der Waals surface area contributed by atoms with E-state index in [-0.39, 0.29) is 11.9 Å². The molecular formula is C15H19N3O3. The zero-order chi connectivity index (χ0) is 15.4. The van der Waals surface area contributed by atoms with Crippen LogP contribution in [-0.2, 0) is 4.74 Å². The molecule has 2 rings (SSSR count). The van der Waals surface area contributed by atoms with Crippen LogP contribution in [-0.4, -0.2) is 40.8 Å². The van der Waals surface area contributed by atoms with Gasteiger partial charge in [-0.25, -0.2) is 14.8 Å². The number of benzene rings is 1. The molecule has 0 aliphatic heterocycles. The van der Waals surface area contributed by atoms with Gasteiger partial charge in [0.15, 0.2) is 0 Å². The number of aromatic nitrogens is 2. The molecule has 0 aliphatic carbocycles. The van der Waals surface area contributed by atoms with E-state index in [1.807, 2.05) is 18.2 Å². The lowest BCUT2D eigenvalue weighted by Gasteiger charge is -2.23. The van der Waals surface area contributed by atoms with Gasteiger partial charge in [-0.2, -0.15) is 0 Å². The van der Waals surface area contributed by atoms with Crippen LogP contribution >= 0.6 is 0 Å². The summed E-state index contributed by atoms with van der Waals surface area (Å²) in [5.74, 6) is -0.520. The molecule has 1 atom stereocenters. The number of methoxy groups -OCH3 is 1. The first-order chi connectivity index (χ1) is 10.0. The van der Waals surface area contributed by atoms with Gasteiger partial charge >= 0.3 is 5.97 Å². The summed E-state index contributed by atoms with van der Waals surface area (Å²) in [5, 5.41) is 13.2. The molecule has 6 nitrogen and oxygen atoms in total. The molecule has 0 fully saturated rings. The highest BCUT2D eigenvalue weighted by molar-refractivity contribution is 5.93. The van der Waals surface area contributed by atoms with Crippen LogP contribution in [0.4, 0.5) is 5.82 Å². The predicted octanol–water partition coefficient (Wildman–Crippen LogP) is 2.41. The number of carboxylic acid groups (broad SMARTS) is 1. The first kappa shape index (κ1) is 15.2. The molecule has 1 aromatic heterocycles. The second-order valence-corrected chi connectivity index (χ2v) is 5.17. The summed E-state index contributed by atoms with van der Waals surface area (Å²) < 4.78 is 5.21. The maximum Gasteiger partial charge on any atom is 0.374 e. The number of nitrogens with zero attached hydrogens (tertiary/aromatic N) is 2. The molecule has 0 aliphatic rings. The first-order valence-corrected chi connectivity index (χ1v) is 6.78. The van der Waals surface area contributed by atoms with Gasteiger partial charge in [-0.05, 0) is 18.1 Å². The number of fused-ring (bicyclic) bond motifs is 1. The third kappa shape index (κ3) is 3.46. The first-order valence-electron chi connectivity index (χ1n) is 6.78. The minimum Gasteiger partial charge on any atom is -0.475 e. The monoisotopic (exact) mass is 289 g/mol. The third-order valence-electron chi connectivity index (χ3n) is 3.27. The van der Waals surface area contributed by atoms with Gasteiger partial charge in [0, 0.05) is 12.5 Å². The van der Waals surface area contributed by atoms with Crippen LogP contribution in [0.15, 0.2) is 24.3 Å². The van der Waals surface area contributed by atoms with Gasteiger partial charge < -0.3 is 15.2 Å². The average Bonchev–Trinajstić information content (AvgIpc) is 2.46. The molecule has 0 saturated carbocycles. The zero-order valence-corrected chi connectivity index (χ0v) is 12.3. The van der Waals surface area contributed by atoms with Crippen molar-refractivity contribution >= 4 is 22.7 Å². The number of ether oxygens (including phenoxy) is 1. The Kier molecular flexibility index (Phi) is 4.70. The second-order valence-electron chi connectivity index (χ2n) is 5.17. The molecule has 0 bridgehead atoms. The molecule has 0 radical (unpaired) electrons. The number of aromatic carboxylic acids is 1. The van der Waals surface area contributed by atoms with Crippen molar-refractivity contribution in [3.05, 3.63) is 30.1 Å². The van der Waals surface area contributed by atoms with E-state index >= 15 is 0 Å². The van der Waals surface area contributed by atoms with Gasteiger partial charge in [-0.3, -0.25) is 0 Å². The highest BCUT2D eigenvalue weighted by atomic mass is 16.5. The van der Waals surface area contributed by atoms with E-state index in [0.717, 1.165) is 5.39 Å². The smallest absolute Gasteiger partial charge is 0.374 e. The largest absolute Gasteiger partial charge is 0.475 e. The average molecular weight is 289 g/mol. The molecule has 1 aromatic carbocycles. The fraction of sp³-hybridized carbons (Fsp3) is 0.400. The molecule has 1 heterocycles. The highest BCUT2D eigenvalue weighted by Gasteiger charge is 2.18. The maximum absolute atomic E-state index is 11.2. The van der Waals surface area contributed by atoms with Crippen molar-refractivity contribution in [2.24, 2.45) is 5.92 Å². The lowest BCUT2D eigenvalue weighted by molar-refractivity contribution is 0.0684. The number of hydrogen-bond acceptors (Lipinski definition) is 5. The zero-order valence-electron chi connectivity index (χ0n) is 12.3. The van der Waals surface area contributed by atoms with E-state index in [9.17, 15) is 4.79 Å². The van der Waals surface area contributed by atoms with Crippen LogP contribution in [0.5, 0.6) is 0 Å². The van der Waals surface area contributed by atoms with Crippen LogP contribution in [0.3, 0.4) is 0 Å². The van der Waals surface area contributed by atoms with E-state index in [1.165, 1.54) is 0 Å². The fourth-order valence-corrected chi connectivity index (χ4v) is 2.04. The van der Waals surface area contributed by atoms with Crippen molar-refractivity contribution in [3.8, 4) is 0 Å². The molecular weight excluding hydrogens is 270 g/mol. The predicted molar refractivity (Wildman–Crippen MR) is 80.6 cm³/mol. The molecule has 0 amide bonds. The van der Waals surface area contributed by atoms with Crippen molar-refractivity contribution in [2.75, 3.05) is 19.0 Å². The Balaban J connectivity index is 2.47. The third-order valence-corrected chi connectivity index (χ3v) is 3.27. The molecule has 2 aromatic rings. The summed E-state index contributed by atoms with van der Waals surface area (Å²) >= 11 is 0. The molecule has 6 heteroatoms. The van der Waals surface area contributed by atoms with Crippen LogP contribution < -0.4 is 5.32 Å². The van der Waals surface area contributed by atoms with E-state index < -0.39 is 5.97 Å². The number of nitrogens with one attached hydrogen (secondary N) is 1. The van der Waals surface area contributed by atoms with Crippen molar-refractivity contribution in [1.29, 1.82) is 0 Å². The van der Waals surface area contributed by atoms with Gasteiger partial charge in [-0.1, -0.05) is 26.0 Å². The van der Waals surface area contributed by atoms with Gasteiger partial charge in [0.1, 0.15) is 5.82 Å². The highest BCUT2D eigenvalue weighted by Crippen LogP contribution is 2.22. The van der Waals surface area contributed by atoms with Gasteiger partial charge in [0.2, 0.25) is 5.82 Å². The SMILES string of the molecule is COCC(Nc1nc(C(=O)O)nc2ccccc12)C(C)C. The van der Waals surface area contributed by atoms with Crippen LogP contribution in [0.2, 0.25) is 0 Å². The second kappa shape index (κ2) is 6.49. The molecule has 0 spiro atoms. The van der Waals surface area contributed by atoms with E-state index in [1.54, 1.807) is 13.2 Å². The number of hydrogen-bond donors (Lipinski definition) is 2. The number of carboxylic acids is 1. The summed E-state index contributed by atoms with van der Waals surface area (Å²) in [5.41, 5.74) is 0.604. The Labute approximate surface area is 123 Å². The molecule has 2 N–H and O–H groups in total. The van der Waals surface area contributed by atoms with Crippen molar-refractivity contribution in [1.82, 2.24) is 9.97 Å². The Bertz CT molecular complexity index is 643. The standard InChI is InChI=1S/C15H19N3O3/c1-9(2)12(8-21-3)17-13-10-6-4-5-7-11(10)16-14(18-13)15(19)20/h4-7,9,12H,8H2,1-3H3,(H,19,20)(H,16,17,18). The van der Waals surface area contributed by atoms with Gasteiger partial charge in [-0.15, -0.1) is 0 Å².